The molecule has 27 heavy (non-hydrogen) atoms. The highest BCUT2D eigenvalue weighted by Gasteiger charge is 2.27. The molecule has 1 aromatic heterocycles. The minimum Gasteiger partial charge on any atom is -0.444 e. The standard InChI is InChI=1S/C19H34N6O2/c1-13-16(14(2)24(7)23-13)8-10-21-17(20-6)25-11-9-15(12-25)22-18(26)27-19(3,4)5/h15H,8-12H2,1-7H3,(H,20,21)(H,22,26). The van der Waals surface area contributed by atoms with Gasteiger partial charge in [0, 0.05) is 39.4 Å². The lowest BCUT2D eigenvalue weighted by Crippen LogP contribution is -2.44. The van der Waals surface area contributed by atoms with Crippen LogP contribution in [0.3, 0.4) is 0 Å². The minimum absolute atomic E-state index is 0.0706. The Balaban J connectivity index is 1.82. The molecule has 1 aliphatic rings. The number of carbonyl (C=O) groups excluding carboxylic acids is 1. The fourth-order valence-electron chi connectivity index (χ4n) is 3.36. The molecule has 8 heteroatoms. The molecular formula is C19H34N6O2. The lowest BCUT2D eigenvalue weighted by molar-refractivity contribution is 0.0507. The number of aliphatic imine (C=N–C) groups is 1. The van der Waals surface area contributed by atoms with Gasteiger partial charge in [-0.1, -0.05) is 0 Å². The Morgan fingerprint density at radius 2 is 2.07 bits per heavy atom. The highest BCUT2D eigenvalue weighted by Crippen LogP contribution is 2.13. The third kappa shape index (κ3) is 5.87. The van der Waals surface area contributed by atoms with Crippen LogP contribution in [0.4, 0.5) is 4.79 Å². The van der Waals surface area contributed by atoms with E-state index in [4.69, 9.17) is 4.74 Å². The maximum atomic E-state index is 11.9. The number of carbonyl (C=O) groups is 1. The highest BCUT2D eigenvalue weighted by molar-refractivity contribution is 5.80. The second-order valence-corrected chi connectivity index (χ2v) is 8.07. The first-order valence-electron chi connectivity index (χ1n) is 9.55. The molecule has 2 heterocycles. The summed E-state index contributed by atoms with van der Waals surface area (Å²) in [7, 11) is 3.76. The number of hydrogen-bond acceptors (Lipinski definition) is 4. The van der Waals surface area contributed by atoms with Crippen molar-refractivity contribution >= 4 is 12.1 Å². The van der Waals surface area contributed by atoms with Gasteiger partial charge in [0.15, 0.2) is 5.96 Å². The Bertz CT molecular complexity index is 689. The van der Waals surface area contributed by atoms with Crippen LogP contribution in [0, 0.1) is 13.8 Å². The lowest BCUT2D eigenvalue weighted by Gasteiger charge is -2.23. The fourth-order valence-corrected chi connectivity index (χ4v) is 3.36. The van der Waals surface area contributed by atoms with Crippen LogP contribution in [-0.4, -0.2) is 65.1 Å². The largest absolute Gasteiger partial charge is 0.444 e. The SMILES string of the molecule is CN=C(NCCc1c(C)nn(C)c1C)N1CCC(NC(=O)OC(C)(C)C)C1. The Kier molecular flexibility index (Phi) is 6.73. The predicted molar refractivity (Wildman–Crippen MR) is 107 cm³/mol. The summed E-state index contributed by atoms with van der Waals surface area (Å²) in [6, 6.07) is 0.0706. The quantitative estimate of drug-likeness (QED) is 0.616. The molecule has 0 aliphatic carbocycles. The molecule has 1 unspecified atom stereocenters. The zero-order chi connectivity index (χ0) is 20.2. The van der Waals surface area contributed by atoms with Crippen molar-refractivity contribution in [2.24, 2.45) is 12.0 Å². The molecule has 1 saturated heterocycles. The minimum atomic E-state index is -0.484. The second kappa shape index (κ2) is 8.63. The number of aryl methyl sites for hydroxylation is 2. The molecule has 0 aromatic carbocycles. The van der Waals surface area contributed by atoms with Gasteiger partial charge in [-0.05, 0) is 53.0 Å². The number of rotatable bonds is 4. The number of aromatic nitrogens is 2. The van der Waals surface area contributed by atoms with Gasteiger partial charge in [0.25, 0.3) is 0 Å². The molecule has 2 rings (SSSR count). The number of nitrogens with zero attached hydrogens (tertiary/aromatic N) is 4. The fraction of sp³-hybridized carbons (Fsp3) is 0.737. The molecule has 1 amide bonds. The zero-order valence-electron chi connectivity index (χ0n) is 17.7. The smallest absolute Gasteiger partial charge is 0.407 e. The number of alkyl carbamates (subject to hydrolysis) is 1. The van der Waals surface area contributed by atoms with Crippen LogP contribution in [0.15, 0.2) is 4.99 Å². The topological polar surface area (TPSA) is 83.8 Å². The molecule has 0 spiro atoms. The molecule has 1 aromatic rings. The number of guanidine groups is 1. The summed E-state index contributed by atoms with van der Waals surface area (Å²) in [5.74, 6) is 0.864. The average molecular weight is 379 g/mol. The first-order valence-corrected chi connectivity index (χ1v) is 9.55. The van der Waals surface area contributed by atoms with E-state index in [2.05, 4.69) is 32.5 Å². The zero-order valence-corrected chi connectivity index (χ0v) is 17.7. The van der Waals surface area contributed by atoms with E-state index in [1.54, 1.807) is 7.05 Å². The summed E-state index contributed by atoms with van der Waals surface area (Å²) < 4.78 is 7.26. The molecule has 1 aliphatic heterocycles. The number of nitrogens with one attached hydrogen (secondary N) is 2. The van der Waals surface area contributed by atoms with Gasteiger partial charge in [0.1, 0.15) is 5.60 Å². The van der Waals surface area contributed by atoms with Crippen LogP contribution in [0.2, 0.25) is 0 Å². The molecule has 1 atom stereocenters. The summed E-state index contributed by atoms with van der Waals surface area (Å²) in [4.78, 5) is 18.5. The van der Waals surface area contributed by atoms with Crippen LogP contribution < -0.4 is 10.6 Å². The number of likely N-dealkylation sites (tertiary alicyclic amines) is 1. The van der Waals surface area contributed by atoms with E-state index < -0.39 is 5.60 Å². The van der Waals surface area contributed by atoms with Crippen molar-refractivity contribution in [1.29, 1.82) is 0 Å². The normalized spacial score (nSPS) is 18.0. The molecule has 8 nitrogen and oxygen atoms in total. The first kappa shape index (κ1) is 21.1. The van der Waals surface area contributed by atoms with Crippen molar-refractivity contribution in [2.45, 2.75) is 59.1 Å². The predicted octanol–water partition coefficient (Wildman–Crippen LogP) is 1.75. The molecule has 0 radical (unpaired) electrons. The lowest BCUT2D eigenvalue weighted by atomic mass is 10.1. The van der Waals surface area contributed by atoms with Crippen molar-refractivity contribution < 1.29 is 9.53 Å². The van der Waals surface area contributed by atoms with Crippen molar-refractivity contribution in [3.8, 4) is 0 Å². The van der Waals surface area contributed by atoms with Crippen molar-refractivity contribution in [3.63, 3.8) is 0 Å². The molecule has 152 valence electrons. The maximum Gasteiger partial charge on any atom is 0.407 e. The average Bonchev–Trinajstić information content (AvgIpc) is 3.09. The second-order valence-electron chi connectivity index (χ2n) is 8.07. The highest BCUT2D eigenvalue weighted by atomic mass is 16.6. The molecule has 1 fully saturated rings. The van der Waals surface area contributed by atoms with E-state index in [0.717, 1.165) is 44.1 Å². The van der Waals surface area contributed by atoms with Crippen LogP contribution >= 0.6 is 0 Å². The van der Waals surface area contributed by atoms with Gasteiger partial charge in [0.05, 0.1) is 11.7 Å². The van der Waals surface area contributed by atoms with E-state index in [-0.39, 0.29) is 12.1 Å². The van der Waals surface area contributed by atoms with Gasteiger partial charge in [-0.15, -0.1) is 0 Å². The Hall–Kier alpha value is -2.25. The van der Waals surface area contributed by atoms with Crippen molar-refractivity contribution in [2.75, 3.05) is 26.7 Å². The van der Waals surface area contributed by atoms with Gasteiger partial charge in [-0.2, -0.15) is 5.10 Å². The van der Waals surface area contributed by atoms with E-state index in [1.807, 2.05) is 39.4 Å². The Morgan fingerprint density at radius 3 is 2.63 bits per heavy atom. The third-order valence-corrected chi connectivity index (χ3v) is 4.74. The maximum absolute atomic E-state index is 11.9. The molecular weight excluding hydrogens is 344 g/mol. The Morgan fingerprint density at radius 1 is 1.37 bits per heavy atom. The molecule has 2 N–H and O–H groups in total. The van der Waals surface area contributed by atoms with E-state index in [0.29, 0.717) is 0 Å². The van der Waals surface area contributed by atoms with Gasteiger partial charge in [0.2, 0.25) is 0 Å². The van der Waals surface area contributed by atoms with Crippen LogP contribution in [0.5, 0.6) is 0 Å². The van der Waals surface area contributed by atoms with Gasteiger partial charge in [-0.3, -0.25) is 9.67 Å². The Labute approximate surface area is 162 Å². The first-order chi connectivity index (χ1) is 12.6. The summed E-state index contributed by atoms with van der Waals surface area (Å²) >= 11 is 0. The van der Waals surface area contributed by atoms with E-state index in [9.17, 15) is 4.79 Å². The van der Waals surface area contributed by atoms with Gasteiger partial charge >= 0.3 is 6.09 Å². The van der Waals surface area contributed by atoms with Crippen LogP contribution in [0.25, 0.3) is 0 Å². The van der Waals surface area contributed by atoms with Crippen molar-refractivity contribution in [3.05, 3.63) is 17.0 Å². The van der Waals surface area contributed by atoms with Gasteiger partial charge < -0.3 is 20.3 Å². The van der Waals surface area contributed by atoms with Crippen molar-refractivity contribution in [1.82, 2.24) is 25.3 Å². The van der Waals surface area contributed by atoms with Gasteiger partial charge in [-0.25, -0.2) is 4.79 Å². The summed E-state index contributed by atoms with van der Waals surface area (Å²) in [5.41, 5.74) is 3.08. The number of hydrogen-bond donors (Lipinski definition) is 2. The number of ether oxygens (including phenoxy) is 1. The van der Waals surface area contributed by atoms with Crippen LogP contribution in [-0.2, 0) is 18.2 Å². The summed E-state index contributed by atoms with van der Waals surface area (Å²) in [6.45, 7) is 12.1. The molecule has 0 bridgehead atoms. The number of amides is 1. The monoisotopic (exact) mass is 378 g/mol. The van der Waals surface area contributed by atoms with Crippen LogP contribution in [0.1, 0.15) is 44.1 Å². The summed E-state index contributed by atoms with van der Waals surface area (Å²) in [5, 5.41) is 10.8. The summed E-state index contributed by atoms with van der Waals surface area (Å²) in [6.07, 6.45) is 1.42. The molecule has 0 saturated carbocycles. The van der Waals surface area contributed by atoms with E-state index >= 15 is 0 Å². The van der Waals surface area contributed by atoms with E-state index in [1.165, 1.54) is 11.3 Å². The third-order valence-electron chi connectivity index (χ3n) is 4.74.